The van der Waals surface area contributed by atoms with Gasteiger partial charge in [0.15, 0.2) is 6.10 Å². The number of nitrogens with one attached hydrogen (secondary N) is 3. The van der Waals surface area contributed by atoms with Gasteiger partial charge in [-0.2, -0.15) is 0 Å². The summed E-state index contributed by atoms with van der Waals surface area (Å²) in [6, 6.07) is 12.3. The number of aryl methyl sites for hydroxylation is 2. The number of hydrogen-bond acceptors (Lipinski definition) is 4. The zero-order valence-corrected chi connectivity index (χ0v) is 18.2. The summed E-state index contributed by atoms with van der Waals surface area (Å²) in [6.07, 6.45) is 1.24. The molecule has 2 aromatic rings. The van der Waals surface area contributed by atoms with E-state index in [1.54, 1.807) is 31.2 Å². The molecule has 164 valence electrons. The van der Waals surface area contributed by atoms with Crippen LogP contribution in [0.25, 0.3) is 0 Å². The first-order valence-electron chi connectivity index (χ1n) is 10.5. The van der Waals surface area contributed by atoms with E-state index in [1.165, 1.54) is 0 Å². The Bertz CT molecular complexity index is 952. The van der Waals surface area contributed by atoms with E-state index in [0.717, 1.165) is 24.0 Å². The predicted molar refractivity (Wildman–Crippen MR) is 119 cm³/mol. The number of ether oxygens (including phenoxy) is 1. The summed E-state index contributed by atoms with van der Waals surface area (Å²) in [7, 11) is 0. The van der Waals surface area contributed by atoms with Crippen LogP contribution in [-0.4, -0.2) is 36.9 Å². The SMILES string of the molecule is Cc1ccc(OC(C)C(=O)Nc2ccc(C(=O)NCCNC(=O)C3CC3)cc2)cc1C. The minimum Gasteiger partial charge on any atom is -0.481 e. The molecule has 3 N–H and O–H groups in total. The van der Waals surface area contributed by atoms with Gasteiger partial charge in [0.1, 0.15) is 5.75 Å². The van der Waals surface area contributed by atoms with Crippen molar-refractivity contribution in [2.45, 2.75) is 39.7 Å². The average Bonchev–Trinajstić information content (AvgIpc) is 3.59. The van der Waals surface area contributed by atoms with E-state index in [9.17, 15) is 14.4 Å². The molecule has 1 atom stereocenters. The number of hydrogen-bond donors (Lipinski definition) is 3. The average molecular weight is 424 g/mol. The molecule has 3 amide bonds. The second kappa shape index (κ2) is 10.1. The van der Waals surface area contributed by atoms with Crippen LogP contribution in [-0.2, 0) is 9.59 Å². The lowest BCUT2D eigenvalue weighted by molar-refractivity contribution is -0.122. The maximum atomic E-state index is 12.4. The molecule has 1 aliphatic rings. The molecule has 1 unspecified atom stereocenters. The third kappa shape index (κ3) is 6.57. The Morgan fingerprint density at radius 1 is 0.968 bits per heavy atom. The number of amides is 3. The zero-order chi connectivity index (χ0) is 22.4. The van der Waals surface area contributed by atoms with Crippen molar-refractivity contribution in [2.24, 2.45) is 5.92 Å². The van der Waals surface area contributed by atoms with Gasteiger partial charge in [-0.3, -0.25) is 14.4 Å². The molecule has 7 heteroatoms. The van der Waals surface area contributed by atoms with E-state index < -0.39 is 6.10 Å². The third-order valence-electron chi connectivity index (χ3n) is 5.23. The Balaban J connectivity index is 1.44. The van der Waals surface area contributed by atoms with Crippen LogP contribution in [0, 0.1) is 19.8 Å². The Labute approximate surface area is 182 Å². The van der Waals surface area contributed by atoms with E-state index in [4.69, 9.17) is 4.74 Å². The van der Waals surface area contributed by atoms with Crippen molar-refractivity contribution < 1.29 is 19.1 Å². The Hall–Kier alpha value is -3.35. The molecule has 0 bridgehead atoms. The maximum absolute atomic E-state index is 12.4. The quantitative estimate of drug-likeness (QED) is 0.540. The fraction of sp³-hybridized carbons (Fsp3) is 0.375. The van der Waals surface area contributed by atoms with Crippen LogP contribution in [0.1, 0.15) is 41.3 Å². The first-order valence-corrected chi connectivity index (χ1v) is 10.5. The number of rotatable bonds is 9. The lowest BCUT2D eigenvalue weighted by Crippen LogP contribution is -2.35. The van der Waals surface area contributed by atoms with Crippen molar-refractivity contribution >= 4 is 23.4 Å². The smallest absolute Gasteiger partial charge is 0.265 e. The highest BCUT2D eigenvalue weighted by molar-refractivity contribution is 5.96. The lowest BCUT2D eigenvalue weighted by atomic mass is 10.1. The predicted octanol–water partition coefficient (Wildman–Crippen LogP) is 2.97. The largest absolute Gasteiger partial charge is 0.481 e. The van der Waals surface area contributed by atoms with Crippen molar-refractivity contribution in [2.75, 3.05) is 18.4 Å². The number of carbonyl (C=O) groups is 3. The first kappa shape index (κ1) is 22.3. The van der Waals surface area contributed by atoms with Crippen LogP contribution in [0.3, 0.4) is 0 Å². The van der Waals surface area contributed by atoms with Gasteiger partial charge in [0, 0.05) is 30.3 Å². The van der Waals surface area contributed by atoms with Crippen LogP contribution in [0.4, 0.5) is 5.69 Å². The van der Waals surface area contributed by atoms with Crippen LogP contribution in [0.15, 0.2) is 42.5 Å². The molecule has 7 nitrogen and oxygen atoms in total. The van der Waals surface area contributed by atoms with Crippen LogP contribution in [0.5, 0.6) is 5.75 Å². The van der Waals surface area contributed by atoms with Gasteiger partial charge in [-0.15, -0.1) is 0 Å². The molecule has 0 spiro atoms. The molecule has 0 saturated heterocycles. The summed E-state index contributed by atoms with van der Waals surface area (Å²) < 4.78 is 5.73. The molecule has 3 rings (SSSR count). The minimum atomic E-state index is -0.670. The molecule has 1 saturated carbocycles. The minimum absolute atomic E-state index is 0.0602. The van der Waals surface area contributed by atoms with E-state index >= 15 is 0 Å². The second-order valence-corrected chi connectivity index (χ2v) is 7.89. The van der Waals surface area contributed by atoms with Crippen molar-refractivity contribution in [3.05, 3.63) is 59.2 Å². The topological polar surface area (TPSA) is 96.5 Å². The molecule has 0 aromatic heterocycles. The summed E-state index contributed by atoms with van der Waals surface area (Å²) in [5.41, 5.74) is 3.32. The normalized spacial score (nSPS) is 13.8. The Kier molecular flexibility index (Phi) is 7.28. The van der Waals surface area contributed by atoms with Crippen molar-refractivity contribution in [3.8, 4) is 5.75 Å². The monoisotopic (exact) mass is 423 g/mol. The summed E-state index contributed by atoms with van der Waals surface area (Å²) in [5.74, 6) is 0.357. The van der Waals surface area contributed by atoms with Gasteiger partial charge in [0.2, 0.25) is 5.91 Å². The Morgan fingerprint density at radius 3 is 2.29 bits per heavy atom. The number of anilines is 1. The van der Waals surface area contributed by atoms with Gasteiger partial charge in [-0.1, -0.05) is 6.07 Å². The van der Waals surface area contributed by atoms with Gasteiger partial charge in [-0.05, 0) is 81.1 Å². The third-order valence-corrected chi connectivity index (χ3v) is 5.23. The lowest BCUT2D eigenvalue weighted by Gasteiger charge is -2.16. The number of carbonyl (C=O) groups excluding carboxylic acids is 3. The summed E-state index contributed by atoms with van der Waals surface area (Å²) in [5, 5.41) is 8.36. The van der Waals surface area contributed by atoms with Crippen molar-refractivity contribution in [3.63, 3.8) is 0 Å². The maximum Gasteiger partial charge on any atom is 0.265 e. The second-order valence-electron chi connectivity index (χ2n) is 7.89. The van der Waals surface area contributed by atoms with Crippen molar-refractivity contribution in [1.82, 2.24) is 10.6 Å². The zero-order valence-electron chi connectivity index (χ0n) is 18.2. The van der Waals surface area contributed by atoms with E-state index in [0.29, 0.717) is 30.1 Å². The van der Waals surface area contributed by atoms with E-state index in [1.807, 2.05) is 32.0 Å². The van der Waals surface area contributed by atoms with Crippen LogP contribution in [0.2, 0.25) is 0 Å². The summed E-state index contributed by atoms with van der Waals surface area (Å²) in [6.45, 7) is 6.48. The van der Waals surface area contributed by atoms with Gasteiger partial charge < -0.3 is 20.7 Å². The highest BCUT2D eigenvalue weighted by atomic mass is 16.5. The first-order chi connectivity index (χ1) is 14.8. The molecular formula is C24H29N3O4. The van der Waals surface area contributed by atoms with Crippen LogP contribution < -0.4 is 20.7 Å². The standard InChI is InChI=1S/C24H29N3O4/c1-15-4-11-21(14-16(15)2)31-17(3)22(28)27-20-9-7-19(8-10-20)24(30)26-13-12-25-23(29)18-5-6-18/h4,7-11,14,17-18H,5-6,12-13H2,1-3H3,(H,25,29)(H,26,30)(H,27,28). The van der Waals surface area contributed by atoms with Gasteiger partial charge in [0.05, 0.1) is 0 Å². The molecule has 1 fully saturated rings. The molecule has 0 aliphatic heterocycles. The van der Waals surface area contributed by atoms with Crippen LogP contribution >= 0.6 is 0 Å². The van der Waals surface area contributed by atoms with Crippen molar-refractivity contribution in [1.29, 1.82) is 0 Å². The highest BCUT2D eigenvalue weighted by Crippen LogP contribution is 2.28. The van der Waals surface area contributed by atoms with Gasteiger partial charge in [-0.25, -0.2) is 0 Å². The molecule has 1 aliphatic carbocycles. The molecule has 0 heterocycles. The molecule has 2 aromatic carbocycles. The molecular weight excluding hydrogens is 394 g/mol. The van der Waals surface area contributed by atoms with Gasteiger partial charge >= 0.3 is 0 Å². The fourth-order valence-electron chi connectivity index (χ4n) is 2.95. The number of benzene rings is 2. The molecule has 0 radical (unpaired) electrons. The fourth-order valence-corrected chi connectivity index (χ4v) is 2.95. The Morgan fingerprint density at radius 2 is 1.65 bits per heavy atom. The summed E-state index contributed by atoms with van der Waals surface area (Å²) >= 11 is 0. The molecule has 31 heavy (non-hydrogen) atoms. The summed E-state index contributed by atoms with van der Waals surface area (Å²) in [4.78, 5) is 36.2. The van der Waals surface area contributed by atoms with E-state index in [2.05, 4.69) is 16.0 Å². The van der Waals surface area contributed by atoms with E-state index in [-0.39, 0.29) is 23.6 Å². The van der Waals surface area contributed by atoms with Gasteiger partial charge in [0.25, 0.3) is 11.8 Å². The highest BCUT2D eigenvalue weighted by Gasteiger charge is 2.29.